The van der Waals surface area contributed by atoms with Gasteiger partial charge in [-0.05, 0) is 6.42 Å². The van der Waals surface area contributed by atoms with Gasteiger partial charge in [0.2, 0.25) is 5.89 Å². The molecule has 0 saturated heterocycles. The number of hydrogen-bond donors (Lipinski definition) is 1. The molecule has 0 bridgehead atoms. The van der Waals surface area contributed by atoms with Gasteiger partial charge in [0.15, 0.2) is 5.82 Å². The molecule has 16 heavy (non-hydrogen) atoms. The van der Waals surface area contributed by atoms with E-state index >= 15 is 0 Å². The first-order valence-corrected chi connectivity index (χ1v) is 6.61. The lowest BCUT2D eigenvalue weighted by atomic mass is 10.1. The highest BCUT2D eigenvalue weighted by atomic mass is 32.2. The van der Waals surface area contributed by atoms with E-state index in [1.165, 1.54) is 0 Å². The topological polar surface area (TPSA) is 64.9 Å². The van der Waals surface area contributed by atoms with Crippen molar-refractivity contribution in [2.45, 2.75) is 50.5 Å². The molecule has 4 nitrogen and oxygen atoms in total. The van der Waals surface area contributed by atoms with Gasteiger partial charge >= 0.3 is 0 Å². The van der Waals surface area contributed by atoms with E-state index in [0.717, 1.165) is 18.0 Å². The zero-order chi connectivity index (χ0) is 12.2. The third kappa shape index (κ3) is 4.14. The number of hydrogen-bond acceptors (Lipinski definition) is 5. The standard InChI is InChI=1S/C11H21N3OS/c1-5-8(6-12)10-13-9(14-15-10)7-16-11(2,3)4/h8H,5-7,12H2,1-4H3. The van der Waals surface area contributed by atoms with Gasteiger partial charge in [0.1, 0.15) is 0 Å². The van der Waals surface area contributed by atoms with Crippen molar-refractivity contribution < 1.29 is 4.52 Å². The van der Waals surface area contributed by atoms with Crippen LogP contribution in [0, 0.1) is 0 Å². The molecule has 1 aromatic heterocycles. The van der Waals surface area contributed by atoms with Crippen molar-refractivity contribution in [3.63, 3.8) is 0 Å². The highest BCUT2D eigenvalue weighted by molar-refractivity contribution is 7.99. The lowest BCUT2D eigenvalue weighted by Gasteiger charge is -2.15. The molecule has 1 aromatic rings. The van der Waals surface area contributed by atoms with Crippen molar-refractivity contribution in [3.8, 4) is 0 Å². The zero-order valence-corrected chi connectivity index (χ0v) is 11.3. The van der Waals surface area contributed by atoms with Gasteiger partial charge in [0.05, 0.1) is 11.7 Å². The van der Waals surface area contributed by atoms with Crippen molar-refractivity contribution in [2.24, 2.45) is 5.73 Å². The molecule has 0 spiro atoms. The van der Waals surface area contributed by atoms with Crippen LogP contribution in [0.5, 0.6) is 0 Å². The van der Waals surface area contributed by atoms with E-state index in [9.17, 15) is 0 Å². The molecule has 0 saturated carbocycles. The molecule has 5 heteroatoms. The van der Waals surface area contributed by atoms with Crippen LogP contribution >= 0.6 is 11.8 Å². The third-order valence-corrected chi connectivity index (χ3v) is 3.51. The molecular formula is C11H21N3OS. The van der Waals surface area contributed by atoms with Crippen LogP contribution in [0.25, 0.3) is 0 Å². The fourth-order valence-corrected chi connectivity index (χ4v) is 1.89. The second-order valence-electron chi connectivity index (χ2n) is 4.79. The van der Waals surface area contributed by atoms with E-state index in [1.54, 1.807) is 0 Å². The van der Waals surface area contributed by atoms with Gasteiger partial charge in [-0.1, -0.05) is 32.9 Å². The Bertz CT molecular complexity index is 315. The quantitative estimate of drug-likeness (QED) is 0.861. The smallest absolute Gasteiger partial charge is 0.231 e. The summed E-state index contributed by atoms with van der Waals surface area (Å²) < 4.78 is 5.44. The Morgan fingerprint density at radius 3 is 2.62 bits per heavy atom. The molecule has 1 heterocycles. The fraction of sp³-hybridized carbons (Fsp3) is 0.818. The molecule has 0 aliphatic carbocycles. The first-order chi connectivity index (χ1) is 7.46. The van der Waals surface area contributed by atoms with E-state index in [0.29, 0.717) is 12.4 Å². The highest BCUT2D eigenvalue weighted by Crippen LogP contribution is 2.26. The molecule has 0 aliphatic heterocycles. The Balaban J connectivity index is 2.58. The minimum absolute atomic E-state index is 0.195. The lowest BCUT2D eigenvalue weighted by molar-refractivity contribution is 0.348. The number of thioether (sulfide) groups is 1. The van der Waals surface area contributed by atoms with Gasteiger partial charge in [-0.2, -0.15) is 4.98 Å². The van der Waals surface area contributed by atoms with Crippen LogP contribution in [0.1, 0.15) is 51.7 Å². The maximum atomic E-state index is 5.63. The van der Waals surface area contributed by atoms with Crippen LogP contribution < -0.4 is 5.73 Å². The van der Waals surface area contributed by atoms with E-state index in [-0.39, 0.29) is 10.7 Å². The molecule has 0 fully saturated rings. The molecule has 1 unspecified atom stereocenters. The van der Waals surface area contributed by atoms with Gasteiger partial charge in [0.25, 0.3) is 0 Å². The van der Waals surface area contributed by atoms with Crippen molar-refractivity contribution in [3.05, 3.63) is 11.7 Å². The Kier molecular flexibility index (Phi) is 4.80. The molecule has 0 radical (unpaired) electrons. The maximum Gasteiger partial charge on any atom is 0.231 e. The summed E-state index contributed by atoms with van der Waals surface area (Å²) >= 11 is 1.81. The predicted octanol–water partition coefficient (Wildman–Crippen LogP) is 2.55. The average molecular weight is 243 g/mol. The van der Waals surface area contributed by atoms with Crippen LogP contribution in [-0.2, 0) is 5.75 Å². The number of aromatic nitrogens is 2. The molecule has 0 aromatic carbocycles. The monoisotopic (exact) mass is 243 g/mol. The zero-order valence-electron chi connectivity index (χ0n) is 10.5. The van der Waals surface area contributed by atoms with Gasteiger partial charge in [-0.3, -0.25) is 0 Å². The molecule has 1 rings (SSSR count). The van der Waals surface area contributed by atoms with E-state index in [1.807, 2.05) is 11.8 Å². The van der Waals surface area contributed by atoms with Gasteiger partial charge in [0, 0.05) is 11.3 Å². The third-order valence-electron chi connectivity index (χ3n) is 2.24. The summed E-state index contributed by atoms with van der Waals surface area (Å²) in [5.41, 5.74) is 5.63. The normalized spacial score (nSPS) is 14.1. The lowest BCUT2D eigenvalue weighted by Crippen LogP contribution is -2.12. The Morgan fingerprint density at radius 1 is 1.44 bits per heavy atom. The summed E-state index contributed by atoms with van der Waals surface area (Å²) in [6.07, 6.45) is 0.935. The summed E-state index contributed by atoms with van der Waals surface area (Å²) in [5.74, 6) is 2.42. The van der Waals surface area contributed by atoms with E-state index in [4.69, 9.17) is 10.3 Å². The average Bonchev–Trinajstić information content (AvgIpc) is 2.65. The van der Waals surface area contributed by atoms with Crippen LogP contribution in [0.15, 0.2) is 4.52 Å². The predicted molar refractivity (Wildman–Crippen MR) is 67.4 cm³/mol. The maximum absolute atomic E-state index is 5.63. The Morgan fingerprint density at radius 2 is 2.12 bits per heavy atom. The van der Waals surface area contributed by atoms with Gasteiger partial charge < -0.3 is 10.3 Å². The molecule has 0 aliphatic rings. The summed E-state index contributed by atoms with van der Waals surface area (Å²) in [7, 11) is 0. The summed E-state index contributed by atoms with van der Waals surface area (Å²) in [6, 6.07) is 0. The minimum Gasteiger partial charge on any atom is -0.339 e. The van der Waals surface area contributed by atoms with Crippen molar-refractivity contribution >= 4 is 11.8 Å². The molecular weight excluding hydrogens is 222 g/mol. The van der Waals surface area contributed by atoms with E-state index in [2.05, 4.69) is 37.8 Å². The second-order valence-corrected chi connectivity index (χ2v) is 6.59. The highest BCUT2D eigenvalue weighted by Gasteiger charge is 2.17. The summed E-state index contributed by atoms with van der Waals surface area (Å²) in [4.78, 5) is 4.38. The van der Waals surface area contributed by atoms with Crippen LogP contribution in [0.3, 0.4) is 0 Å². The summed E-state index contributed by atoms with van der Waals surface area (Å²) in [6.45, 7) is 9.16. The Labute approximate surface area is 101 Å². The Hall–Kier alpha value is -0.550. The van der Waals surface area contributed by atoms with Crippen molar-refractivity contribution in [1.82, 2.24) is 10.1 Å². The first-order valence-electron chi connectivity index (χ1n) is 5.62. The van der Waals surface area contributed by atoms with Crippen LogP contribution in [0.4, 0.5) is 0 Å². The minimum atomic E-state index is 0.195. The number of rotatable bonds is 5. The van der Waals surface area contributed by atoms with Crippen molar-refractivity contribution in [1.29, 1.82) is 0 Å². The second kappa shape index (κ2) is 5.68. The van der Waals surface area contributed by atoms with Crippen LogP contribution in [-0.4, -0.2) is 21.4 Å². The molecule has 92 valence electrons. The molecule has 0 amide bonds. The number of nitrogens with two attached hydrogens (primary N) is 1. The molecule has 1 atom stereocenters. The van der Waals surface area contributed by atoms with Crippen molar-refractivity contribution in [2.75, 3.05) is 6.54 Å². The van der Waals surface area contributed by atoms with E-state index < -0.39 is 0 Å². The fourth-order valence-electron chi connectivity index (χ4n) is 1.22. The number of nitrogens with zero attached hydrogens (tertiary/aromatic N) is 2. The van der Waals surface area contributed by atoms with Gasteiger partial charge in [-0.15, -0.1) is 11.8 Å². The largest absolute Gasteiger partial charge is 0.339 e. The molecule has 2 N–H and O–H groups in total. The van der Waals surface area contributed by atoms with Crippen LogP contribution in [0.2, 0.25) is 0 Å². The first kappa shape index (κ1) is 13.5. The summed E-state index contributed by atoms with van der Waals surface area (Å²) in [5, 5.41) is 3.97. The van der Waals surface area contributed by atoms with Gasteiger partial charge in [-0.25, -0.2) is 0 Å². The SMILES string of the molecule is CCC(CN)c1nc(CSC(C)(C)C)no1.